The van der Waals surface area contributed by atoms with E-state index in [1.54, 1.807) is 0 Å². The summed E-state index contributed by atoms with van der Waals surface area (Å²) in [5.41, 5.74) is 0.962. The van der Waals surface area contributed by atoms with Crippen molar-refractivity contribution in [2.75, 3.05) is 11.9 Å². The number of hydrogen-bond acceptors (Lipinski definition) is 4. The summed E-state index contributed by atoms with van der Waals surface area (Å²) in [5.74, 6) is 1.54. The van der Waals surface area contributed by atoms with Crippen molar-refractivity contribution in [1.82, 2.24) is 0 Å². The van der Waals surface area contributed by atoms with E-state index in [4.69, 9.17) is 14.4 Å². The number of nitrogens with one attached hydrogen (secondary N) is 1. The number of anilines is 1. The largest absolute Gasteiger partial charge is 0.479 e. The third-order valence-electron chi connectivity index (χ3n) is 2.56. The molecule has 0 spiro atoms. The molecule has 5 heteroatoms. The average Bonchev–Trinajstić information content (AvgIpc) is 2.85. The average molecular weight is 321 g/mol. The van der Waals surface area contributed by atoms with Crippen LogP contribution in [0, 0.1) is 11.3 Å². The van der Waals surface area contributed by atoms with E-state index in [1.807, 2.05) is 49.4 Å². The first-order valence-corrected chi connectivity index (χ1v) is 6.60. The number of benzene rings is 1. The van der Waals surface area contributed by atoms with Crippen molar-refractivity contribution in [3.63, 3.8) is 0 Å². The van der Waals surface area contributed by atoms with Crippen molar-refractivity contribution in [3.05, 3.63) is 46.8 Å². The van der Waals surface area contributed by atoms with E-state index in [-0.39, 0.29) is 12.6 Å². The van der Waals surface area contributed by atoms with E-state index in [0.29, 0.717) is 5.75 Å². The number of halogens is 1. The standard InChI is InChI=1S/C14H13BrN2O2/c1-10(13-6-7-14(15)19-13)17-11-2-4-12(5-3-11)18-9-8-16/h2-7,10,17H,9H2,1H3. The topological polar surface area (TPSA) is 58.2 Å². The molecule has 98 valence electrons. The number of furan rings is 1. The van der Waals surface area contributed by atoms with Crippen molar-refractivity contribution in [2.24, 2.45) is 0 Å². The normalized spacial score (nSPS) is 11.6. The van der Waals surface area contributed by atoms with Crippen LogP contribution in [0.3, 0.4) is 0 Å². The highest BCUT2D eigenvalue weighted by molar-refractivity contribution is 9.10. The zero-order chi connectivity index (χ0) is 13.7. The molecule has 0 fully saturated rings. The van der Waals surface area contributed by atoms with Crippen molar-refractivity contribution >= 4 is 21.6 Å². The van der Waals surface area contributed by atoms with E-state index in [0.717, 1.165) is 16.1 Å². The number of ether oxygens (including phenoxy) is 1. The van der Waals surface area contributed by atoms with Gasteiger partial charge in [-0.25, -0.2) is 0 Å². The molecule has 1 N–H and O–H groups in total. The molecule has 19 heavy (non-hydrogen) atoms. The summed E-state index contributed by atoms with van der Waals surface area (Å²) in [4.78, 5) is 0. The summed E-state index contributed by atoms with van der Waals surface area (Å²) in [6.45, 7) is 2.08. The molecule has 1 aromatic heterocycles. The van der Waals surface area contributed by atoms with Gasteiger partial charge in [0.2, 0.25) is 0 Å². The fraction of sp³-hybridized carbons (Fsp3) is 0.214. The molecule has 0 aliphatic rings. The predicted octanol–water partition coefficient (Wildman–Crippen LogP) is 4.12. The quantitative estimate of drug-likeness (QED) is 0.900. The molecule has 0 amide bonds. The summed E-state index contributed by atoms with van der Waals surface area (Å²) < 4.78 is 11.4. The van der Waals surface area contributed by atoms with Gasteiger partial charge in [-0.05, 0) is 59.3 Å². The van der Waals surface area contributed by atoms with Gasteiger partial charge in [-0.2, -0.15) is 5.26 Å². The van der Waals surface area contributed by atoms with Crippen LogP contribution < -0.4 is 10.1 Å². The lowest BCUT2D eigenvalue weighted by molar-refractivity contribution is 0.368. The van der Waals surface area contributed by atoms with Gasteiger partial charge in [-0.15, -0.1) is 0 Å². The summed E-state index contributed by atoms with van der Waals surface area (Å²) in [7, 11) is 0. The smallest absolute Gasteiger partial charge is 0.174 e. The first kappa shape index (κ1) is 13.5. The molecule has 0 bridgehead atoms. The maximum atomic E-state index is 8.43. The summed E-state index contributed by atoms with van der Waals surface area (Å²) in [6, 6.07) is 13.2. The Bertz CT molecular complexity index is 572. The lowest BCUT2D eigenvalue weighted by atomic mass is 10.2. The van der Waals surface area contributed by atoms with Gasteiger partial charge in [0.25, 0.3) is 0 Å². The summed E-state index contributed by atoms with van der Waals surface area (Å²) in [5, 5.41) is 11.7. The Balaban J connectivity index is 1.97. The molecule has 4 nitrogen and oxygen atoms in total. The van der Waals surface area contributed by atoms with Crippen molar-refractivity contribution in [2.45, 2.75) is 13.0 Å². The van der Waals surface area contributed by atoms with Crippen LogP contribution in [0.4, 0.5) is 5.69 Å². The maximum Gasteiger partial charge on any atom is 0.174 e. The van der Waals surface area contributed by atoms with Crippen LogP contribution in [-0.4, -0.2) is 6.61 Å². The number of nitriles is 1. The molecule has 2 rings (SSSR count). The fourth-order valence-corrected chi connectivity index (χ4v) is 1.96. The highest BCUT2D eigenvalue weighted by Crippen LogP contribution is 2.24. The van der Waals surface area contributed by atoms with Crippen LogP contribution in [0.25, 0.3) is 0 Å². The van der Waals surface area contributed by atoms with Gasteiger partial charge < -0.3 is 14.5 Å². The van der Waals surface area contributed by atoms with Crippen LogP contribution in [0.2, 0.25) is 0 Å². The predicted molar refractivity (Wildman–Crippen MR) is 76.0 cm³/mol. The first-order chi connectivity index (χ1) is 9.19. The summed E-state index contributed by atoms with van der Waals surface area (Å²) >= 11 is 3.28. The van der Waals surface area contributed by atoms with Gasteiger partial charge in [-0.3, -0.25) is 0 Å². The highest BCUT2D eigenvalue weighted by Gasteiger charge is 2.09. The Kier molecular flexibility index (Phi) is 4.48. The minimum absolute atomic E-state index is 0.0591. The van der Waals surface area contributed by atoms with E-state index in [1.165, 1.54) is 0 Å². The minimum Gasteiger partial charge on any atom is -0.479 e. The second kappa shape index (κ2) is 6.30. The molecule has 0 saturated carbocycles. The number of hydrogen-bond donors (Lipinski definition) is 1. The molecule has 1 atom stereocenters. The Hall–Kier alpha value is -1.93. The molecule has 0 aliphatic carbocycles. The molecular formula is C14H13BrN2O2. The van der Waals surface area contributed by atoms with Gasteiger partial charge in [0.15, 0.2) is 11.3 Å². The van der Waals surface area contributed by atoms with E-state index >= 15 is 0 Å². The zero-order valence-corrected chi connectivity index (χ0v) is 12.0. The van der Waals surface area contributed by atoms with E-state index in [2.05, 4.69) is 21.2 Å². The van der Waals surface area contributed by atoms with Gasteiger partial charge in [0, 0.05) is 5.69 Å². The number of rotatable bonds is 5. The fourth-order valence-electron chi connectivity index (χ4n) is 1.65. The molecule has 1 unspecified atom stereocenters. The second-order valence-electron chi connectivity index (χ2n) is 3.98. The molecule has 2 aromatic rings. The molecule has 0 saturated heterocycles. The Morgan fingerprint density at radius 3 is 2.63 bits per heavy atom. The molecule has 0 radical (unpaired) electrons. The maximum absolute atomic E-state index is 8.43. The number of nitrogens with zero attached hydrogens (tertiary/aromatic N) is 1. The van der Waals surface area contributed by atoms with Crippen LogP contribution in [0.1, 0.15) is 18.7 Å². The molecule has 0 aliphatic heterocycles. The molecular weight excluding hydrogens is 308 g/mol. The van der Waals surface area contributed by atoms with Gasteiger partial charge in [-0.1, -0.05) is 0 Å². The Morgan fingerprint density at radius 1 is 1.32 bits per heavy atom. The van der Waals surface area contributed by atoms with Crippen LogP contribution in [0.15, 0.2) is 45.5 Å². The monoisotopic (exact) mass is 320 g/mol. The Morgan fingerprint density at radius 2 is 2.05 bits per heavy atom. The SMILES string of the molecule is CC(Nc1ccc(OCC#N)cc1)c1ccc(Br)o1. The lowest BCUT2D eigenvalue weighted by Crippen LogP contribution is -2.05. The molecule has 1 heterocycles. The van der Waals surface area contributed by atoms with Gasteiger partial charge in [0.1, 0.15) is 17.6 Å². The van der Waals surface area contributed by atoms with E-state index < -0.39 is 0 Å². The highest BCUT2D eigenvalue weighted by atomic mass is 79.9. The lowest BCUT2D eigenvalue weighted by Gasteiger charge is -2.13. The Labute approximate surface area is 120 Å². The van der Waals surface area contributed by atoms with Crippen molar-refractivity contribution < 1.29 is 9.15 Å². The van der Waals surface area contributed by atoms with Crippen LogP contribution in [0.5, 0.6) is 5.75 Å². The molecule has 1 aromatic carbocycles. The van der Waals surface area contributed by atoms with Gasteiger partial charge >= 0.3 is 0 Å². The van der Waals surface area contributed by atoms with Crippen LogP contribution >= 0.6 is 15.9 Å². The third-order valence-corrected chi connectivity index (χ3v) is 2.99. The summed E-state index contributed by atoms with van der Waals surface area (Å²) in [6.07, 6.45) is 0. The van der Waals surface area contributed by atoms with Crippen molar-refractivity contribution in [3.8, 4) is 11.8 Å². The zero-order valence-electron chi connectivity index (χ0n) is 10.4. The second-order valence-corrected chi connectivity index (χ2v) is 4.76. The third kappa shape index (κ3) is 3.76. The van der Waals surface area contributed by atoms with Crippen molar-refractivity contribution in [1.29, 1.82) is 5.26 Å². The van der Waals surface area contributed by atoms with Gasteiger partial charge in [0.05, 0.1) is 6.04 Å². The minimum atomic E-state index is 0.0591. The van der Waals surface area contributed by atoms with Crippen LogP contribution in [-0.2, 0) is 0 Å². The van der Waals surface area contributed by atoms with E-state index in [9.17, 15) is 0 Å². The first-order valence-electron chi connectivity index (χ1n) is 5.80.